The molecule has 0 bridgehead atoms. The number of carbonyl (C=O) groups is 1. The number of esters is 1. The van der Waals surface area contributed by atoms with Gasteiger partial charge in [-0.15, -0.1) is 0 Å². The van der Waals surface area contributed by atoms with Crippen LogP contribution in [-0.4, -0.2) is 33.2 Å². The van der Waals surface area contributed by atoms with Gasteiger partial charge in [0.2, 0.25) is 0 Å². The van der Waals surface area contributed by atoms with Crippen molar-refractivity contribution >= 4 is 5.97 Å². The number of rotatable bonds is 2. The number of H-pyrrole nitrogens is 1. The summed E-state index contributed by atoms with van der Waals surface area (Å²) in [6.07, 6.45) is 3.27. The molecule has 0 aliphatic carbocycles. The Morgan fingerprint density at radius 3 is 2.82 bits per heavy atom. The topological polar surface area (TPSA) is 80.8 Å². The Morgan fingerprint density at radius 1 is 1.35 bits per heavy atom. The van der Waals surface area contributed by atoms with Crippen LogP contribution in [0.1, 0.15) is 21.9 Å². The molecule has 1 N–H and O–H groups in total. The summed E-state index contributed by atoms with van der Waals surface area (Å²) < 4.78 is 4.67. The van der Waals surface area contributed by atoms with Crippen LogP contribution >= 0.6 is 0 Å². The lowest BCUT2D eigenvalue weighted by molar-refractivity contribution is 0.0595. The molecule has 2 heterocycles. The number of methoxy groups -OCH3 is 1. The van der Waals surface area contributed by atoms with Gasteiger partial charge in [0.05, 0.1) is 24.6 Å². The fourth-order valence-corrected chi connectivity index (χ4v) is 1.53. The Morgan fingerprint density at radius 2 is 2.12 bits per heavy atom. The van der Waals surface area contributed by atoms with Crippen molar-refractivity contribution in [1.82, 2.24) is 20.2 Å². The molecule has 6 heteroatoms. The molecular weight excluding hydrogens is 220 g/mol. The van der Waals surface area contributed by atoms with Crippen LogP contribution in [-0.2, 0) is 4.74 Å². The summed E-state index contributed by atoms with van der Waals surface area (Å²) in [5.74, 6) is 0.177. The van der Waals surface area contributed by atoms with E-state index in [0.29, 0.717) is 22.8 Å². The van der Waals surface area contributed by atoms with Crippen molar-refractivity contribution < 1.29 is 9.53 Å². The van der Waals surface area contributed by atoms with Gasteiger partial charge in [-0.3, -0.25) is 5.10 Å². The van der Waals surface area contributed by atoms with E-state index in [-0.39, 0.29) is 0 Å². The first-order valence-electron chi connectivity index (χ1n) is 5.05. The van der Waals surface area contributed by atoms with Crippen LogP contribution in [0.5, 0.6) is 0 Å². The minimum atomic E-state index is -0.465. The molecule has 0 fully saturated rings. The normalized spacial score (nSPS) is 10.3. The maximum atomic E-state index is 11.5. The molecule has 0 amide bonds. The van der Waals surface area contributed by atoms with Crippen molar-refractivity contribution in [2.45, 2.75) is 13.8 Å². The number of aryl methyl sites for hydroxylation is 2. The lowest BCUT2D eigenvalue weighted by atomic mass is 10.1. The van der Waals surface area contributed by atoms with Crippen molar-refractivity contribution in [1.29, 1.82) is 0 Å². The third-order valence-corrected chi connectivity index (χ3v) is 2.38. The van der Waals surface area contributed by atoms with E-state index in [1.807, 2.05) is 6.92 Å². The predicted molar refractivity (Wildman–Crippen MR) is 60.4 cm³/mol. The van der Waals surface area contributed by atoms with Gasteiger partial charge in [-0.2, -0.15) is 5.10 Å². The highest BCUT2D eigenvalue weighted by Crippen LogP contribution is 2.23. The predicted octanol–water partition coefficient (Wildman–Crippen LogP) is 1.27. The van der Waals surface area contributed by atoms with E-state index in [1.165, 1.54) is 7.11 Å². The van der Waals surface area contributed by atoms with Crippen molar-refractivity contribution in [2.75, 3.05) is 7.11 Å². The van der Waals surface area contributed by atoms with Crippen LogP contribution < -0.4 is 0 Å². The average molecular weight is 232 g/mol. The third kappa shape index (κ3) is 2.01. The van der Waals surface area contributed by atoms with Gasteiger partial charge in [0.15, 0.2) is 5.69 Å². The molecule has 2 aromatic heterocycles. The van der Waals surface area contributed by atoms with Gasteiger partial charge in [-0.25, -0.2) is 14.8 Å². The van der Waals surface area contributed by atoms with Crippen molar-refractivity contribution in [3.05, 3.63) is 29.5 Å². The Kier molecular flexibility index (Phi) is 2.86. The van der Waals surface area contributed by atoms with Gasteiger partial charge in [-0.05, 0) is 19.4 Å². The second kappa shape index (κ2) is 4.32. The Hall–Kier alpha value is -2.24. The van der Waals surface area contributed by atoms with Gasteiger partial charge in [-0.1, -0.05) is 0 Å². The summed E-state index contributed by atoms with van der Waals surface area (Å²) in [4.78, 5) is 19.9. The SMILES string of the molecule is COC(=O)c1[nH]ncc1-c1nc(C)ncc1C. The Labute approximate surface area is 98.1 Å². The molecule has 0 unspecified atom stereocenters. The molecule has 0 saturated carbocycles. The molecular formula is C11H12N4O2. The van der Waals surface area contributed by atoms with E-state index in [4.69, 9.17) is 0 Å². The molecule has 0 aliphatic rings. The molecule has 0 radical (unpaired) electrons. The summed E-state index contributed by atoms with van der Waals surface area (Å²) >= 11 is 0. The quantitative estimate of drug-likeness (QED) is 0.788. The summed E-state index contributed by atoms with van der Waals surface area (Å²) in [6.45, 7) is 3.67. The Bertz CT molecular complexity index is 562. The zero-order chi connectivity index (χ0) is 12.4. The molecule has 2 aromatic rings. The molecule has 6 nitrogen and oxygen atoms in total. The van der Waals surface area contributed by atoms with Crippen LogP contribution in [0.15, 0.2) is 12.4 Å². The van der Waals surface area contributed by atoms with Crippen LogP contribution in [0.3, 0.4) is 0 Å². The van der Waals surface area contributed by atoms with E-state index in [2.05, 4.69) is 24.9 Å². The number of carbonyl (C=O) groups excluding carboxylic acids is 1. The van der Waals surface area contributed by atoms with Crippen LogP contribution in [0, 0.1) is 13.8 Å². The number of nitrogens with one attached hydrogen (secondary N) is 1. The second-order valence-corrected chi connectivity index (χ2v) is 3.60. The zero-order valence-electron chi connectivity index (χ0n) is 9.81. The number of nitrogens with zero attached hydrogens (tertiary/aromatic N) is 3. The van der Waals surface area contributed by atoms with E-state index < -0.39 is 5.97 Å². The lowest BCUT2D eigenvalue weighted by Crippen LogP contribution is -2.05. The van der Waals surface area contributed by atoms with E-state index in [1.54, 1.807) is 19.3 Å². The van der Waals surface area contributed by atoms with E-state index in [0.717, 1.165) is 5.56 Å². The molecule has 0 aliphatic heterocycles. The van der Waals surface area contributed by atoms with Gasteiger partial charge >= 0.3 is 5.97 Å². The number of hydrogen-bond acceptors (Lipinski definition) is 5. The van der Waals surface area contributed by atoms with Crippen molar-refractivity contribution in [3.63, 3.8) is 0 Å². The highest BCUT2D eigenvalue weighted by molar-refractivity contribution is 5.94. The molecule has 2 rings (SSSR count). The van der Waals surface area contributed by atoms with Gasteiger partial charge in [0, 0.05) is 6.20 Å². The molecule has 0 saturated heterocycles. The van der Waals surface area contributed by atoms with Gasteiger partial charge in [0.1, 0.15) is 5.82 Å². The first-order chi connectivity index (χ1) is 8.13. The molecule has 0 aromatic carbocycles. The molecule has 17 heavy (non-hydrogen) atoms. The number of hydrogen-bond donors (Lipinski definition) is 1. The molecule has 88 valence electrons. The number of aromatic nitrogens is 4. The van der Waals surface area contributed by atoms with Gasteiger partial charge < -0.3 is 4.74 Å². The average Bonchev–Trinajstić information content (AvgIpc) is 2.80. The van der Waals surface area contributed by atoms with E-state index >= 15 is 0 Å². The number of ether oxygens (including phenoxy) is 1. The zero-order valence-corrected chi connectivity index (χ0v) is 9.81. The summed E-state index contributed by atoms with van der Waals surface area (Å²) in [5.41, 5.74) is 2.49. The van der Waals surface area contributed by atoms with Crippen molar-refractivity contribution in [2.24, 2.45) is 0 Å². The fourth-order valence-electron chi connectivity index (χ4n) is 1.53. The summed E-state index contributed by atoms with van der Waals surface area (Å²) in [7, 11) is 1.32. The minimum absolute atomic E-state index is 0.300. The first kappa shape index (κ1) is 11.3. The largest absolute Gasteiger partial charge is 0.464 e. The second-order valence-electron chi connectivity index (χ2n) is 3.60. The van der Waals surface area contributed by atoms with Crippen molar-refractivity contribution in [3.8, 4) is 11.3 Å². The summed E-state index contributed by atoms with van der Waals surface area (Å²) in [5, 5.41) is 6.47. The third-order valence-electron chi connectivity index (χ3n) is 2.38. The van der Waals surface area contributed by atoms with Crippen LogP contribution in [0.4, 0.5) is 0 Å². The van der Waals surface area contributed by atoms with Crippen LogP contribution in [0.2, 0.25) is 0 Å². The highest BCUT2D eigenvalue weighted by atomic mass is 16.5. The standard InChI is InChI=1S/C11H12N4O2/c1-6-4-12-7(2)14-9(6)8-5-13-15-10(8)11(16)17-3/h4-5H,1-3H3,(H,13,15). The van der Waals surface area contributed by atoms with Crippen LogP contribution in [0.25, 0.3) is 11.3 Å². The smallest absolute Gasteiger partial charge is 0.356 e. The molecule has 0 atom stereocenters. The Balaban J connectivity index is 2.57. The highest BCUT2D eigenvalue weighted by Gasteiger charge is 2.18. The van der Waals surface area contributed by atoms with Gasteiger partial charge in [0.25, 0.3) is 0 Å². The maximum Gasteiger partial charge on any atom is 0.356 e. The minimum Gasteiger partial charge on any atom is -0.464 e. The molecule has 0 spiro atoms. The van der Waals surface area contributed by atoms with E-state index in [9.17, 15) is 4.79 Å². The number of aromatic amines is 1. The first-order valence-corrected chi connectivity index (χ1v) is 5.05. The fraction of sp³-hybridized carbons (Fsp3) is 0.273. The lowest BCUT2D eigenvalue weighted by Gasteiger charge is -2.04. The summed E-state index contributed by atoms with van der Waals surface area (Å²) in [6, 6.07) is 0. The monoisotopic (exact) mass is 232 g/mol. The maximum absolute atomic E-state index is 11.5.